The Morgan fingerprint density at radius 2 is 2.27 bits per heavy atom. The normalized spacial score (nSPS) is 24.5. The van der Waals surface area contributed by atoms with Crippen molar-refractivity contribution in [3.8, 4) is 5.75 Å². The Hall–Kier alpha value is -0.930. The number of aliphatic hydroxyl groups is 1. The van der Waals surface area contributed by atoms with E-state index in [2.05, 4.69) is 5.32 Å². The monoisotopic (exact) mass is 227 g/mol. The van der Waals surface area contributed by atoms with Crippen molar-refractivity contribution in [1.29, 1.82) is 0 Å². The maximum absolute atomic E-state index is 9.42. The van der Waals surface area contributed by atoms with Gasteiger partial charge in [0, 0.05) is 5.69 Å². The molecule has 1 aliphatic carbocycles. The lowest BCUT2D eigenvalue weighted by Gasteiger charge is -2.33. The number of hydrogen-bond acceptors (Lipinski definition) is 3. The molecule has 0 aliphatic heterocycles. The number of methoxy groups -OCH3 is 1. The van der Waals surface area contributed by atoms with Gasteiger partial charge in [-0.1, -0.05) is 11.6 Å². The molecule has 1 fully saturated rings. The van der Waals surface area contributed by atoms with E-state index in [-0.39, 0.29) is 12.1 Å². The molecule has 82 valence electrons. The van der Waals surface area contributed by atoms with Gasteiger partial charge in [-0.15, -0.1) is 0 Å². The van der Waals surface area contributed by atoms with Gasteiger partial charge in [0.1, 0.15) is 5.75 Å². The summed E-state index contributed by atoms with van der Waals surface area (Å²) >= 11 is 5.98. The molecule has 0 unspecified atom stereocenters. The predicted molar refractivity (Wildman–Crippen MR) is 60.7 cm³/mol. The highest BCUT2D eigenvalue weighted by atomic mass is 35.5. The summed E-state index contributed by atoms with van der Waals surface area (Å²) in [5, 5.41) is 13.2. The van der Waals surface area contributed by atoms with Gasteiger partial charge in [0.15, 0.2) is 0 Å². The Morgan fingerprint density at radius 1 is 1.47 bits per heavy atom. The highest BCUT2D eigenvalue weighted by molar-refractivity contribution is 6.32. The van der Waals surface area contributed by atoms with Crippen LogP contribution < -0.4 is 10.1 Å². The van der Waals surface area contributed by atoms with Gasteiger partial charge in [-0.3, -0.25) is 0 Å². The van der Waals surface area contributed by atoms with E-state index in [1.165, 1.54) is 0 Å². The highest BCUT2D eigenvalue weighted by Gasteiger charge is 2.28. The average molecular weight is 228 g/mol. The fourth-order valence-corrected chi connectivity index (χ4v) is 1.88. The minimum atomic E-state index is -0.231. The van der Waals surface area contributed by atoms with Gasteiger partial charge in [0.05, 0.1) is 24.3 Å². The zero-order valence-corrected chi connectivity index (χ0v) is 9.29. The second-order valence-corrected chi connectivity index (χ2v) is 4.15. The van der Waals surface area contributed by atoms with Crippen LogP contribution in [-0.2, 0) is 0 Å². The van der Waals surface area contributed by atoms with Crippen LogP contribution in [0.25, 0.3) is 0 Å². The molecule has 0 amide bonds. The minimum Gasteiger partial charge on any atom is -0.495 e. The SMILES string of the molecule is COc1ccc(N[C@H]2CC[C@@H]2O)cc1Cl. The van der Waals surface area contributed by atoms with Crippen molar-refractivity contribution in [1.82, 2.24) is 0 Å². The van der Waals surface area contributed by atoms with Crippen molar-refractivity contribution in [3.63, 3.8) is 0 Å². The van der Waals surface area contributed by atoms with Crippen molar-refractivity contribution >= 4 is 17.3 Å². The fraction of sp³-hybridized carbons (Fsp3) is 0.455. The van der Waals surface area contributed by atoms with Crippen molar-refractivity contribution in [3.05, 3.63) is 23.2 Å². The van der Waals surface area contributed by atoms with E-state index in [4.69, 9.17) is 16.3 Å². The van der Waals surface area contributed by atoms with E-state index < -0.39 is 0 Å². The first kappa shape index (κ1) is 10.6. The summed E-state index contributed by atoms with van der Waals surface area (Å²) < 4.78 is 5.06. The molecule has 1 aliphatic rings. The first-order valence-electron chi connectivity index (χ1n) is 4.99. The number of rotatable bonds is 3. The van der Waals surface area contributed by atoms with Crippen LogP contribution in [0.2, 0.25) is 5.02 Å². The molecule has 1 saturated carbocycles. The third-order valence-electron chi connectivity index (χ3n) is 2.74. The lowest BCUT2D eigenvalue weighted by Crippen LogP contribution is -2.42. The van der Waals surface area contributed by atoms with Crippen molar-refractivity contribution < 1.29 is 9.84 Å². The van der Waals surface area contributed by atoms with Crippen LogP contribution >= 0.6 is 11.6 Å². The molecule has 15 heavy (non-hydrogen) atoms. The van der Waals surface area contributed by atoms with Gasteiger partial charge in [-0.25, -0.2) is 0 Å². The number of nitrogens with one attached hydrogen (secondary N) is 1. The van der Waals surface area contributed by atoms with Gasteiger partial charge in [-0.05, 0) is 31.0 Å². The number of ether oxygens (including phenoxy) is 1. The van der Waals surface area contributed by atoms with Crippen LogP contribution in [0, 0.1) is 0 Å². The summed E-state index contributed by atoms with van der Waals surface area (Å²) in [5.74, 6) is 0.663. The molecule has 0 saturated heterocycles. The number of aliphatic hydroxyl groups excluding tert-OH is 1. The molecule has 4 heteroatoms. The lowest BCUT2D eigenvalue weighted by molar-refractivity contribution is 0.0786. The number of benzene rings is 1. The smallest absolute Gasteiger partial charge is 0.137 e. The number of hydrogen-bond donors (Lipinski definition) is 2. The Labute approximate surface area is 94.0 Å². The molecule has 2 rings (SSSR count). The summed E-state index contributed by atoms with van der Waals surface area (Å²) in [6.07, 6.45) is 1.65. The molecule has 1 aromatic rings. The third-order valence-corrected chi connectivity index (χ3v) is 3.04. The van der Waals surface area contributed by atoms with E-state index >= 15 is 0 Å². The van der Waals surface area contributed by atoms with E-state index in [9.17, 15) is 5.11 Å². The number of halogens is 1. The minimum absolute atomic E-state index is 0.162. The molecule has 2 N–H and O–H groups in total. The van der Waals surface area contributed by atoms with Crippen LogP contribution in [0.4, 0.5) is 5.69 Å². The molecular formula is C11H14ClNO2. The van der Waals surface area contributed by atoms with Crippen molar-refractivity contribution in [2.75, 3.05) is 12.4 Å². The molecule has 2 atom stereocenters. The van der Waals surface area contributed by atoms with E-state index in [1.807, 2.05) is 18.2 Å². The predicted octanol–water partition coefficient (Wildman–Crippen LogP) is 2.28. The quantitative estimate of drug-likeness (QED) is 0.833. The molecule has 0 radical (unpaired) electrons. The molecule has 0 bridgehead atoms. The van der Waals surface area contributed by atoms with Crippen LogP contribution in [0.1, 0.15) is 12.8 Å². The first-order valence-corrected chi connectivity index (χ1v) is 5.36. The molecule has 0 aromatic heterocycles. The summed E-state index contributed by atoms with van der Waals surface area (Å²) in [4.78, 5) is 0. The molecular weight excluding hydrogens is 214 g/mol. The van der Waals surface area contributed by atoms with E-state index in [0.717, 1.165) is 18.5 Å². The zero-order chi connectivity index (χ0) is 10.8. The van der Waals surface area contributed by atoms with Gasteiger partial charge >= 0.3 is 0 Å². The second kappa shape index (κ2) is 4.29. The van der Waals surface area contributed by atoms with Gasteiger partial charge in [0.25, 0.3) is 0 Å². The average Bonchev–Trinajstić information content (AvgIpc) is 2.24. The number of anilines is 1. The van der Waals surface area contributed by atoms with Crippen LogP contribution in [-0.4, -0.2) is 24.4 Å². The third kappa shape index (κ3) is 2.19. The largest absolute Gasteiger partial charge is 0.495 e. The van der Waals surface area contributed by atoms with E-state index in [1.54, 1.807) is 7.11 Å². The maximum Gasteiger partial charge on any atom is 0.137 e. The molecule has 1 aromatic carbocycles. The lowest BCUT2D eigenvalue weighted by atomic mass is 9.89. The standard InChI is InChI=1S/C11H14ClNO2/c1-15-11-5-2-7(6-8(11)12)13-9-3-4-10(9)14/h2,5-6,9-10,13-14H,3-4H2,1H3/t9-,10-/m0/s1. The summed E-state index contributed by atoms with van der Waals surface area (Å²) in [7, 11) is 1.59. The Balaban J connectivity index is 2.06. The summed E-state index contributed by atoms with van der Waals surface area (Å²) in [5.41, 5.74) is 0.921. The van der Waals surface area contributed by atoms with Gasteiger partial charge in [-0.2, -0.15) is 0 Å². The topological polar surface area (TPSA) is 41.5 Å². The second-order valence-electron chi connectivity index (χ2n) is 3.74. The first-order chi connectivity index (χ1) is 7.20. The Bertz CT molecular complexity index is 356. The summed E-state index contributed by atoms with van der Waals surface area (Å²) in [6, 6.07) is 5.69. The van der Waals surface area contributed by atoms with Crippen LogP contribution in [0.5, 0.6) is 5.75 Å². The van der Waals surface area contributed by atoms with Crippen molar-refractivity contribution in [2.24, 2.45) is 0 Å². The molecule has 0 spiro atoms. The highest BCUT2D eigenvalue weighted by Crippen LogP contribution is 2.30. The Kier molecular flexibility index (Phi) is 3.03. The van der Waals surface area contributed by atoms with Crippen LogP contribution in [0.15, 0.2) is 18.2 Å². The molecule has 0 heterocycles. The van der Waals surface area contributed by atoms with Crippen molar-refractivity contribution in [2.45, 2.75) is 25.0 Å². The van der Waals surface area contributed by atoms with Gasteiger partial charge < -0.3 is 15.2 Å². The zero-order valence-electron chi connectivity index (χ0n) is 8.53. The van der Waals surface area contributed by atoms with E-state index in [0.29, 0.717) is 10.8 Å². The fourth-order valence-electron chi connectivity index (χ4n) is 1.62. The maximum atomic E-state index is 9.42. The van der Waals surface area contributed by atoms with Crippen LogP contribution in [0.3, 0.4) is 0 Å². The van der Waals surface area contributed by atoms with Gasteiger partial charge in [0.2, 0.25) is 0 Å². The Morgan fingerprint density at radius 3 is 2.73 bits per heavy atom. The molecule has 3 nitrogen and oxygen atoms in total. The summed E-state index contributed by atoms with van der Waals surface area (Å²) in [6.45, 7) is 0.